The summed E-state index contributed by atoms with van der Waals surface area (Å²) < 4.78 is 0. The van der Waals surface area contributed by atoms with Gasteiger partial charge in [-0.3, -0.25) is 14.8 Å². The molecule has 0 aliphatic carbocycles. The molecule has 1 fully saturated rings. The number of likely N-dealkylation sites (tertiary alicyclic amines) is 1. The van der Waals surface area contributed by atoms with Gasteiger partial charge in [0.15, 0.2) is 0 Å². The first kappa shape index (κ1) is 17.0. The summed E-state index contributed by atoms with van der Waals surface area (Å²) >= 11 is 1.67. The molecule has 128 valence electrons. The summed E-state index contributed by atoms with van der Waals surface area (Å²) in [4.78, 5) is 25.9. The van der Waals surface area contributed by atoms with Crippen molar-refractivity contribution in [2.45, 2.75) is 38.6 Å². The van der Waals surface area contributed by atoms with Crippen LogP contribution in [0.1, 0.15) is 39.9 Å². The Labute approximate surface area is 147 Å². The maximum absolute atomic E-state index is 12.2. The van der Waals surface area contributed by atoms with Crippen LogP contribution >= 0.6 is 11.3 Å². The van der Waals surface area contributed by atoms with E-state index in [0.29, 0.717) is 18.9 Å². The molecule has 0 spiro atoms. The van der Waals surface area contributed by atoms with Crippen molar-refractivity contribution in [1.82, 2.24) is 20.2 Å². The summed E-state index contributed by atoms with van der Waals surface area (Å²) in [6.07, 6.45) is 6.10. The molecule has 3 rings (SSSR count). The number of carbonyl (C=O) groups excluding carboxylic acids is 1. The van der Waals surface area contributed by atoms with Gasteiger partial charge in [-0.05, 0) is 52.0 Å². The molecule has 1 aliphatic rings. The molecule has 0 aromatic carbocycles. The number of rotatable bonds is 5. The lowest BCUT2D eigenvalue weighted by Gasteiger charge is -2.29. The fourth-order valence-electron chi connectivity index (χ4n) is 3.12. The summed E-state index contributed by atoms with van der Waals surface area (Å²) in [5.74, 6) is 0.485. The van der Waals surface area contributed by atoms with Gasteiger partial charge >= 0.3 is 0 Å². The van der Waals surface area contributed by atoms with Crippen LogP contribution in [-0.4, -0.2) is 40.9 Å². The third-order valence-corrected chi connectivity index (χ3v) is 5.50. The maximum atomic E-state index is 12.2. The molecule has 0 atom stereocenters. The molecule has 1 saturated heterocycles. The number of hydrogen-bond donors (Lipinski definition) is 1. The average molecular weight is 344 g/mol. The molecular weight excluding hydrogens is 320 g/mol. The monoisotopic (exact) mass is 344 g/mol. The largest absolute Gasteiger partial charge is 0.350 e. The van der Waals surface area contributed by atoms with Crippen LogP contribution < -0.4 is 5.32 Å². The number of nitrogens with zero attached hydrogens (tertiary/aromatic N) is 3. The smallest absolute Gasteiger partial charge is 0.225 e. The lowest BCUT2D eigenvalue weighted by Crippen LogP contribution is -2.31. The van der Waals surface area contributed by atoms with Crippen LogP contribution in [0.3, 0.4) is 0 Å². The van der Waals surface area contributed by atoms with Crippen molar-refractivity contribution in [1.29, 1.82) is 0 Å². The minimum atomic E-state index is 0.0387. The van der Waals surface area contributed by atoms with Crippen molar-refractivity contribution in [3.8, 4) is 0 Å². The highest BCUT2D eigenvalue weighted by molar-refractivity contribution is 7.12. The second-order valence-corrected chi connectivity index (χ2v) is 7.80. The van der Waals surface area contributed by atoms with E-state index in [1.165, 1.54) is 4.88 Å². The van der Waals surface area contributed by atoms with E-state index in [2.05, 4.69) is 34.2 Å². The predicted octanol–water partition coefficient (Wildman–Crippen LogP) is 2.51. The summed E-state index contributed by atoms with van der Waals surface area (Å²) in [7, 11) is 2.15. The Morgan fingerprint density at radius 2 is 2.04 bits per heavy atom. The first-order chi connectivity index (χ1) is 11.6. The number of hydrogen-bond acceptors (Lipinski definition) is 5. The van der Waals surface area contributed by atoms with Crippen LogP contribution in [-0.2, 0) is 17.8 Å². The van der Waals surface area contributed by atoms with Crippen LogP contribution in [0.4, 0.5) is 0 Å². The number of amides is 1. The highest BCUT2D eigenvalue weighted by Crippen LogP contribution is 2.27. The van der Waals surface area contributed by atoms with Gasteiger partial charge < -0.3 is 10.2 Å². The minimum Gasteiger partial charge on any atom is -0.350 e. The third kappa shape index (κ3) is 4.39. The van der Waals surface area contributed by atoms with Gasteiger partial charge in [-0.2, -0.15) is 0 Å². The van der Waals surface area contributed by atoms with Crippen molar-refractivity contribution >= 4 is 17.2 Å². The van der Waals surface area contributed by atoms with E-state index in [1.54, 1.807) is 23.7 Å². The Balaban J connectivity index is 1.59. The molecule has 1 N–H and O–H groups in total. The van der Waals surface area contributed by atoms with E-state index < -0.39 is 0 Å². The number of aryl methyl sites for hydroxylation is 1. The number of nitrogens with one attached hydrogen (secondary N) is 1. The summed E-state index contributed by atoms with van der Waals surface area (Å²) in [6, 6.07) is 4.07. The summed E-state index contributed by atoms with van der Waals surface area (Å²) in [5, 5.41) is 3.00. The molecule has 24 heavy (non-hydrogen) atoms. The van der Waals surface area contributed by atoms with Crippen LogP contribution in [0.25, 0.3) is 0 Å². The minimum absolute atomic E-state index is 0.0387. The van der Waals surface area contributed by atoms with Crippen LogP contribution in [0.15, 0.2) is 24.5 Å². The third-order valence-electron chi connectivity index (χ3n) is 4.50. The normalized spacial score (nSPS) is 16.2. The zero-order chi connectivity index (χ0) is 16.9. The lowest BCUT2D eigenvalue weighted by atomic mass is 9.92. The fraction of sp³-hybridized carbons (Fsp3) is 0.500. The van der Waals surface area contributed by atoms with Crippen molar-refractivity contribution in [2.75, 3.05) is 20.1 Å². The summed E-state index contributed by atoms with van der Waals surface area (Å²) in [5.41, 5.74) is 1.96. The van der Waals surface area contributed by atoms with Gasteiger partial charge in [-0.25, -0.2) is 0 Å². The standard InChI is InChI=1S/C18H24N4OS/c1-13-3-4-15(24-13)11-17(23)21-12-16-18(20-8-7-19-16)14-5-9-22(2)10-6-14/h3-4,7-8,14H,5-6,9-12H2,1-2H3,(H,21,23). The lowest BCUT2D eigenvalue weighted by molar-refractivity contribution is -0.120. The van der Waals surface area contributed by atoms with Crippen molar-refractivity contribution in [3.05, 3.63) is 45.7 Å². The van der Waals surface area contributed by atoms with E-state index in [-0.39, 0.29) is 5.91 Å². The molecule has 0 saturated carbocycles. The maximum Gasteiger partial charge on any atom is 0.225 e. The number of piperidine rings is 1. The van der Waals surface area contributed by atoms with E-state index in [0.717, 1.165) is 42.2 Å². The van der Waals surface area contributed by atoms with Gasteiger partial charge in [0.05, 0.1) is 24.4 Å². The van der Waals surface area contributed by atoms with Gasteiger partial charge in [-0.1, -0.05) is 0 Å². The molecule has 2 aromatic heterocycles. The van der Waals surface area contributed by atoms with Crippen LogP contribution in [0.2, 0.25) is 0 Å². The first-order valence-corrected chi connectivity index (χ1v) is 9.24. The topological polar surface area (TPSA) is 58.1 Å². The molecule has 2 aromatic rings. The van der Waals surface area contributed by atoms with Gasteiger partial charge in [0.1, 0.15) is 0 Å². The number of carbonyl (C=O) groups is 1. The Hall–Kier alpha value is -1.79. The predicted molar refractivity (Wildman–Crippen MR) is 96.1 cm³/mol. The number of thiophene rings is 1. The molecule has 0 bridgehead atoms. The number of aromatic nitrogens is 2. The fourth-order valence-corrected chi connectivity index (χ4v) is 4.01. The Bertz CT molecular complexity index is 692. The van der Waals surface area contributed by atoms with Crippen molar-refractivity contribution in [2.24, 2.45) is 0 Å². The second kappa shape index (κ2) is 7.85. The second-order valence-electron chi connectivity index (χ2n) is 6.43. The molecule has 0 radical (unpaired) electrons. The van der Waals surface area contributed by atoms with Gasteiger partial charge in [0, 0.05) is 28.1 Å². The van der Waals surface area contributed by atoms with Gasteiger partial charge in [-0.15, -0.1) is 11.3 Å². The quantitative estimate of drug-likeness (QED) is 0.905. The van der Waals surface area contributed by atoms with E-state index in [9.17, 15) is 4.79 Å². The zero-order valence-electron chi connectivity index (χ0n) is 14.3. The van der Waals surface area contributed by atoms with E-state index in [4.69, 9.17) is 0 Å². The zero-order valence-corrected chi connectivity index (χ0v) is 15.1. The Morgan fingerprint density at radius 3 is 2.75 bits per heavy atom. The van der Waals surface area contributed by atoms with Gasteiger partial charge in [0.25, 0.3) is 0 Å². The van der Waals surface area contributed by atoms with E-state index >= 15 is 0 Å². The van der Waals surface area contributed by atoms with Crippen molar-refractivity contribution in [3.63, 3.8) is 0 Å². The SMILES string of the molecule is Cc1ccc(CC(=O)NCc2nccnc2C2CCN(C)CC2)s1. The average Bonchev–Trinajstić information content (AvgIpc) is 2.99. The Kier molecular flexibility index (Phi) is 5.58. The molecule has 1 amide bonds. The Morgan fingerprint density at radius 1 is 1.29 bits per heavy atom. The van der Waals surface area contributed by atoms with E-state index in [1.807, 2.05) is 12.1 Å². The molecule has 5 nitrogen and oxygen atoms in total. The highest BCUT2D eigenvalue weighted by atomic mass is 32.1. The van der Waals surface area contributed by atoms with Crippen LogP contribution in [0, 0.1) is 6.92 Å². The van der Waals surface area contributed by atoms with Gasteiger partial charge in [0.2, 0.25) is 5.91 Å². The van der Waals surface area contributed by atoms with Crippen molar-refractivity contribution < 1.29 is 4.79 Å². The molecule has 0 unspecified atom stereocenters. The highest BCUT2D eigenvalue weighted by Gasteiger charge is 2.22. The first-order valence-electron chi connectivity index (χ1n) is 8.42. The van der Waals surface area contributed by atoms with Crippen LogP contribution in [0.5, 0.6) is 0 Å². The summed E-state index contributed by atoms with van der Waals surface area (Å²) in [6.45, 7) is 4.69. The molecule has 1 aliphatic heterocycles. The molecule has 3 heterocycles. The molecular formula is C18H24N4OS. The molecule has 6 heteroatoms.